The SMILES string of the molecule is Cc1nn(C2CCCC2)c(=O)c2nocc12. The monoisotopic (exact) mass is 219 g/mol. The molecule has 0 aliphatic heterocycles. The maximum atomic E-state index is 12.1. The van der Waals surface area contributed by atoms with Gasteiger partial charge in [0.05, 0.1) is 17.1 Å². The van der Waals surface area contributed by atoms with Crippen LogP contribution in [0.2, 0.25) is 0 Å². The van der Waals surface area contributed by atoms with Crippen LogP contribution in [0.5, 0.6) is 0 Å². The van der Waals surface area contributed by atoms with Gasteiger partial charge >= 0.3 is 0 Å². The molecule has 0 N–H and O–H groups in total. The molecule has 0 atom stereocenters. The second-order valence-electron chi connectivity index (χ2n) is 4.35. The molecule has 2 heterocycles. The molecule has 1 fully saturated rings. The Hall–Kier alpha value is -1.65. The zero-order valence-electron chi connectivity index (χ0n) is 9.14. The molecule has 0 bridgehead atoms. The molecule has 5 heteroatoms. The minimum Gasteiger partial charge on any atom is -0.363 e. The quantitative estimate of drug-likeness (QED) is 0.733. The summed E-state index contributed by atoms with van der Waals surface area (Å²) in [5, 5.41) is 8.84. The first-order valence-corrected chi connectivity index (χ1v) is 5.61. The molecule has 84 valence electrons. The van der Waals surface area contributed by atoms with E-state index in [0.717, 1.165) is 23.9 Å². The van der Waals surface area contributed by atoms with Crippen molar-refractivity contribution < 1.29 is 4.52 Å². The summed E-state index contributed by atoms with van der Waals surface area (Å²) in [5.41, 5.74) is 1.09. The molecule has 1 saturated carbocycles. The smallest absolute Gasteiger partial charge is 0.297 e. The van der Waals surface area contributed by atoms with E-state index >= 15 is 0 Å². The number of nitrogens with zero attached hydrogens (tertiary/aromatic N) is 3. The molecule has 2 aromatic heterocycles. The van der Waals surface area contributed by atoms with Crippen LogP contribution in [0.25, 0.3) is 10.9 Å². The number of aryl methyl sites for hydroxylation is 1. The minimum atomic E-state index is -0.124. The van der Waals surface area contributed by atoms with E-state index in [1.165, 1.54) is 19.1 Å². The lowest BCUT2D eigenvalue weighted by Crippen LogP contribution is -2.27. The van der Waals surface area contributed by atoms with Gasteiger partial charge in [0, 0.05) is 0 Å². The lowest BCUT2D eigenvalue weighted by molar-refractivity contribution is 0.423. The van der Waals surface area contributed by atoms with Crippen LogP contribution in [0.3, 0.4) is 0 Å². The summed E-state index contributed by atoms with van der Waals surface area (Å²) in [6.07, 6.45) is 5.91. The Bertz CT molecular complexity index is 578. The van der Waals surface area contributed by atoms with Crippen LogP contribution in [0.15, 0.2) is 15.6 Å². The molecule has 0 radical (unpaired) electrons. The zero-order chi connectivity index (χ0) is 11.1. The third-order valence-electron chi connectivity index (χ3n) is 3.30. The first-order valence-electron chi connectivity index (χ1n) is 5.61. The largest absolute Gasteiger partial charge is 0.363 e. The molecule has 0 aromatic carbocycles. The van der Waals surface area contributed by atoms with Gasteiger partial charge in [0.2, 0.25) is 0 Å². The molecular formula is C11H13N3O2. The third-order valence-corrected chi connectivity index (χ3v) is 3.30. The minimum absolute atomic E-state index is 0.124. The van der Waals surface area contributed by atoms with Crippen molar-refractivity contribution in [1.82, 2.24) is 14.9 Å². The van der Waals surface area contributed by atoms with Gasteiger partial charge in [-0.1, -0.05) is 18.0 Å². The van der Waals surface area contributed by atoms with Gasteiger partial charge in [0.1, 0.15) is 6.26 Å². The summed E-state index contributed by atoms with van der Waals surface area (Å²) < 4.78 is 6.43. The molecule has 0 unspecified atom stereocenters. The second-order valence-corrected chi connectivity index (χ2v) is 4.35. The first kappa shape index (κ1) is 9.57. The average Bonchev–Trinajstić information content (AvgIpc) is 2.92. The van der Waals surface area contributed by atoms with Crippen molar-refractivity contribution in [2.24, 2.45) is 0 Å². The van der Waals surface area contributed by atoms with Crippen molar-refractivity contribution >= 4 is 10.9 Å². The van der Waals surface area contributed by atoms with Crippen LogP contribution in [0.4, 0.5) is 0 Å². The van der Waals surface area contributed by atoms with Gasteiger partial charge in [-0.25, -0.2) is 4.68 Å². The zero-order valence-corrected chi connectivity index (χ0v) is 9.14. The summed E-state index contributed by atoms with van der Waals surface area (Å²) in [6.45, 7) is 1.88. The first-order chi connectivity index (χ1) is 7.77. The van der Waals surface area contributed by atoms with Gasteiger partial charge in [-0.2, -0.15) is 5.10 Å². The van der Waals surface area contributed by atoms with Crippen molar-refractivity contribution in [3.8, 4) is 0 Å². The van der Waals surface area contributed by atoms with Crippen LogP contribution in [-0.2, 0) is 0 Å². The molecule has 1 aliphatic carbocycles. The van der Waals surface area contributed by atoms with E-state index in [9.17, 15) is 4.79 Å². The van der Waals surface area contributed by atoms with Crippen LogP contribution in [0.1, 0.15) is 37.4 Å². The van der Waals surface area contributed by atoms with Crippen LogP contribution < -0.4 is 5.56 Å². The Labute approximate surface area is 92.0 Å². The van der Waals surface area contributed by atoms with Crippen molar-refractivity contribution in [3.63, 3.8) is 0 Å². The number of rotatable bonds is 1. The molecule has 0 saturated heterocycles. The number of hydrogen-bond donors (Lipinski definition) is 0. The molecule has 5 nitrogen and oxygen atoms in total. The van der Waals surface area contributed by atoms with Crippen LogP contribution in [-0.4, -0.2) is 14.9 Å². The van der Waals surface area contributed by atoms with Gasteiger partial charge in [0.25, 0.3) is 5.56 Å². The molecule has 0 spiro atoms. The molecule has 0 amide bonds. The molecule has 3 rings (SSSR count). The lowest BCUT2D eigenvalue weighted by atomic mass is 10.2. The Balaban J connectivity index is 2.24. The molecule has 2 aromatic rings. The highest BCUT2D eigenvalue weighted by Gasteiger charge is 2.21. The Morgan fingerprint density at radius 3 is 2.94 bits per heavy atom. The van der Waals surface area contributed by atoms with Gasteiger partial charge in [-0.3, -0.25) is 4.79 Å². The molecule has 1 aliphatic rings. The molecular weight excluding hydrogens is 206 g/mol. The van der Waals surface area contributed by atoms with Crippen LogP contribution >= 0.6 is 0 Å². The van der Waals surface area contributed by atoms with Crippen molar-refractivity contribution in [2.45, 2.75) is 38.6 Å². The molecule has 16 heavy (non-hydrogen) atoms. The Morgan fingerprint density at radius 1 is 1.44 bits per heavy atom. The maximum absolute atomic E-state index is 12.1. The van der Waals surface area contributed by atoms with Gasteiger partial charge in [-0.05, 0) is 19.8 Å². The lowest BCUT2D eigenvalue weighted by Gasteiger charge is -2.12. The summed E-state index contributed by atoms with van der Waals surface area (Å²) in [4.78, 5) is 12.1. The number of hydrogen-bond acceptors (Lipinski definition) is 4. The topological polar surface area (TPSA) is 60.9 Å². The van der Waals surface area contributed by atoms with Crippen molar-refractivity contribution in [3.05, 3.63) is 22.3 Å². The second kappa shape index (κ2) is 3.43. The van der Waals surface area contributed by atoms with Gasteiger partial charge in [0.15, 0.2) is 5.52 Å². The Kier molecular flexibility index (Phi) is 2.05. The predicted molar refractivity (Wildman–Crippen MR) is 58.3 cm³/mol. The number of aromatic nitrogens is 3. The van der Waals surface area contributed by atoms with Crippen molar-refractivity contribution in [2.75, 3.05) is 0 Å². The fourth-order valence-corrected chi connectivity index (χ4v) is 2.41. The van der Waals surface area contributed by atoms with Gasteiger partial charge < -0.3 is 4.52 Å². The van der Waals surface area contributed by atoms with E-state index in [-0.39, 0.29) is 11.6 Å². The normalized spacial score (nSPS) is 17.3. The maximum Gasteiger partial charge on any atom is 0.297 e. The van der Waals surface area contributed by atoms with E-state index in [1.807, 2.05) is 6.92 Å². The number of fused-ring (bicyclic) bond motifs is 1. The van der Waals surface area contributed by atoms with E-state index in [1.54, 1.807) is 4.68 Å². The van der Waals surface area contributed by atoms with E-state index < -0.39 is 0 Å². The van der Waals surface area contributed by atoms with Crippen molar-refractivity contribution in [1.29, 1.82) is 0 Å². The Morgan fingerprint density at radius 2 is 2.19 bits per heavy atom. The highest BCUT2D eigenvalue weighted by Crippen LogP contribution is 2.28. The van der Waals surface area contributed by atoms with E-state index in [0.29, 0.717) is 5.52 Å². The standard InChI is InChI=1S/C11H13N3O2/c1-7-9-6-16-13-10(9)11(15)14(12-7)8-4-2-3-5-8/h6,8H,2-5H2,1H3. The van der Waals surface area contributed by atoms with Gasteiger partial charge in [-0.15, -0.1) is 0 Å². The van der Waals surface area contributed by atoms with E-state index in [4.69, 9.17) is 4.52 Å². The predicted octanol–water partition coefficient (Wildman–Crippen LogP) is 1.81. The third kappa shape index (κ3) is 1.27. The highest BCUT2D eigenvalue weighted by atomic mass is 16.5. The highest BCUT2D eigenvalue weighted by molar-refractivity contribution is 5.78. The van der Waals surface area contributed by atoms with Crippen LogP contribution in [0, 0.1) is 6.92 Å². The fourth-order valence-electron chi connectivity index (χ4n) is 2.41. The summed E-state index contributed by atoms with van der Waals surface area (Å²) >= 11 is 0. The summed E-state index contributed by atoms with van der Waals surface area (Å²) in [5.74, 6) is 0. The van der Waals surface area contributed by atoms with E-state index in [2.05, 4.69) is 10.3 Å². The summed E-state index contributed by atoms with van der Waals surface area (Å²) in [6, 6.07) is 0.243. The fraction of sp³-hybridized carbons (Fsp3) is 0.545. The summed E-state index contributed by atoms with van der Waals surface area (Å²) in [7, 11) is 0. The average molecular weight is 219 g/mol.